The Morgan fingerprint density at radius 1 is 1.33 bits per heavy atom. The zero-order valence-corrected chi connectivity index (χ0v) is 14.5. The van der Waals surface area contributed by atoms with Gasteiger partial charge in [-0.25, -0.2) is 13.2 Å². The minimum absolute atomic E-state index is 0.110. The summed E-state index contributed by atoms with van der Waals surface area (Å²) in [6.07, 6.45) is 1.01. The maximum absolute atomic E-state index is 12.4. The lowest BCUT2D eigenvalue weighted by molar-refractivity contribution is -0.149. The summed E-state index contributed by atoms with van der Waals surface area (Å²) in [4.78, 5) is 25.0. The van der Waals surface area contributed by atoms with Gasteiger partial charge < -0.3 is 14.7 Å². The maximum Gasteiger partial charge on any atom is 0.326 e. The van der Waals surface area contributed by atoms with Crippen molar-refractivity contribution in [1.82, 2.24) is 4.90 Å². The molecule has 0 radical (unpaired) electrons. The van der Waals surface area contributed by atoms with Crippen molar-refractivity contribution >= 4 is 21.7 Å². The lowest BCUT2D eigenvalue weighted by Crippen LogP contribution is -2.44. The van der Waals surface area contributed by atoms with Crippen LogP contribution in [0.4, 0.5) is 0 Å². The Morgan fingerprint density at radius 2 is 1.96 bits per heavy atom. The first-order chi connectivity index (χ1) is 11.3. The van der Waals surface area contributed by atoms with Crippen molar-refractivity contribution in [2.45, 2.75) is 30.7 Å². The van der Waals surface area contributed by atoms with Crippen molar-refractivity contribution < 1.29 is 27.9 Å². The van der Waals surface area contributed by atoms with Gasteiger partial charge in [0.25, 0.3) is 0 Å². The Bertz CT molecular complexity index is 713. The van der Waals surface area contributed by atoms with Crippen LogP contribution in [0.3, 0.4) is 0 Å². The van der Waals surface area contributed by atoms with Crippen LogP contribution in [0.25, 0.3) is 0 Å². The fourth-order valence-electron chi connectivity index (χ4n) is 2.85. The molecule has 1 aromatic carbocycles. The largest absolute Gasteiger partial charge is 0.497 e. The second kappa shape index (κ2) is 7.21. The molecule has 24 heavy (non-hydrogen) atoms. The predicted molar refractivity (Wildman–Crippen MR) is 86.6 cm³/mol. The van der Waals surface area contributed by atoms with Gasteiger partial charge in [0.05, 0.1) is 17.8 Å². The summed E-state index contributed by atoms with van der Waals surface area (Å²) in [7, 11) is -2.16. The van der Waals surface area contributed by atoms with Gasteiger partial charge in [-0.3, -0.25) is 4.79 Å². The third kappa shape index (κ3) is 3.87. The molecule has 1 aliphatic rings. The normalized spacial score (nSPS) is 19.1. The fourth-order valence-corrected chi connectivity index (χ4v) is 4.39. The summed E-state index contributed by atoms with van der Waals surface area (Å²) < 4.78 is 29.9. The van der Waals surface area contributed by atoms with Gasteiger partial charge in [0.2, 0.25) is 5.91 Å². The predicted octanol–water partition coefficient (Wildman–Crippen LogP) is 1.18. The summed E-state index contributed by atoms with van der Waals surface area (Å²) in [5.74, 6) is -2.11. The van der Waals surface area contributed by atoms with E-state index in [0.717, 1.165) is 0 Å². The molecule has 1 N–H and O–H groups in total. The number of amides is 1. The van der Waals surface area contributed by atoms with Crippen LogP contribution in [0.15, 0.2) is 29.2 Å². The number of carboxylic acids is 1. The number of sulfone groups is 1. The molecule has 0 aromatic heterocycles. The van der Waals surface area contributed by atoms with E-state index in [1.54, 1.807) is 12.1 Å². The molecule has 0 bridgehead atoms. The first-order valence-electron chi connectivity index (χ1n) is 7.66. The van der Waals surface area contributed by atoms with Crippen LogP contribution in [0.2, 0.25) is 0 Å². The van der Waals surface area contributed by atoms with E-state index in [2.05, 4.69) is 0 Å². The topological polar surface area (TPSA) is 101 Å². The number of hydrogen-bond donors (Lipinski definition) is 1. The molecule has 1 amide bonds. The number of carbonyl (C=O) groups excluding carboxylic acids is 1. The quantitative estimate of drug-likeness (QED) is 0.822. The molecule has 0 unspecified atom stereocenters. The molecule has 8 heteroatoms. The Morgan fingerprint density at radius 3 is 2.50 bits per heavy atom. The molecular formula is C16H21NO6S. The highest BCUT2D eigenvalue weighted by molar-refractivity contribution is 7.91. The molecule has 1 heterocycles. The maximum atomic E-state index is 12.4. The molecule has 1 aliphatic heterocycles. The smallest absolute Gasteiger partial charge is 0.326 e. The van der Waals surface area contributed by atoms with Gasteiger partial charge in [0.15, 0.2) is 9.84 Å². The molecule has 2 rings (SSSR count). The number of aliphatic carboxylic acids is 1. The molecule has 0 spiro atoms. The van der Waals surface area contributed by atoms with Gasteiger partial charge in [0.1, 0.15) is 11.8 Å². The molecule has 1 saturated heterocycles. The zero-order chi connectivity index (χ0) is 17.9. The van der Waals surface area contributed by atoms with Gasteiger partial charge in [-0.2, -0.15) is 0 Å². The summed E-state index contributed by atoms with van der Waals surface area (Å²) in [5, 5.41) is 9.15. The van der Waals surface area contributed by atoms with Gasteiger partial charge >= 0.3 is 5.97 Å². The fraction of sp³-hybridized carbons (Fsp3) is 0.500. The highest BCUT2D eigenvalue weighted by Crippen LogP contribution is 2.23. The number of nitrogens with zero attached hydrogens (tertiary/aromatic N) is 1. The van der Waals surface area contributed by atoms with E-state index < -0.39 is 33.7 Å². The van der Waals surface area contributed by atoms with E-state index in [-0.39, 0.29) is 10.6 Å². The van der Waals surface area contributed by atoms with Gasteiger partial charge in [-0.05, 0) is 37.1 Å². The SMILES string of the molecule is COc1ccc(S(=O)(=O)C[C@H](C)C(=O)N2CCC[C@@H]2C(=O)O)cc1. The number of carboxylic acid groups (broad SMARTS) is 1. The van der Waals surface area contributed by atoms with Crippen LogP contribution in [0.5, 0.6) is 5.75 Å². The first-order valence-corrected chi connectivity index (χ1v) is 9.31. The van der Waals surface area contributed by atoms with E-state index in [0.29, 0.717) is 25.1 Å². The minimum atomic E-state index is -3.65. The Hall–Kier alpha value is -2.09. The van der Waals surface area contributed by atoms with Crippen LogP contribution in [0, 0.1) is 5.92 Å². The van der Waals surface area contributed by atoms with Crippen molar-refractivity contribution in [3.63, 3.8) is 0 Å². The van der Waals surface area contributed by atoms with E-state index in [4.69, 9.17) is 9.84 Å². The number of methoxy groups -OCH3 is 1. The van der Waals surface area contributed by atoms with Crippen molar-refractivity contribution in [3.05, 3.63) is 24.3 Å². The monoisotopic (exact) mass is 355 g/mol. The molecule has 1 aromatic rings. The van der Waals surface area contributed by atoms with Crippen LogP contribution in [0.1, 0.15) is 19.8 Å². The highest BCUT2D eigenvalue weighted by atomic mass is 32.2. The lowest BCUT2D eigenvalue weighted by Gasteiger charge is -2.24. The number of rotatable bonds is 6. The summed E-state index contributed by atoms with van der Waals surface area (Å²) >= 11 is 0. The lowest BCUT2D eigenvalue weighted by atomic mass is 10.1. The van der Waals surface area contributed by atoms with Gasteiger partial charge in [0, 0.05) is 12.5 Å². The summed E-state index contributed by atoms with van der Waals surface area (Å²) in [5.41, 5.74) is 0. The van der Waals surface area contributed by atoms with Crippen molar-refractivity contribution in [3.8, 4) is 5.75 Å². The molecule has 7 nitrogen and oxygen atoms in total. The average molecular weight is 355 g/mol. The van der Waals surface area contributed by atoms with Crippen molar-refractivity contribution in [2.75, 3.05) is 19.4 Å². The standard InChI is InChI=1S/C16H21NO6S/c1-11(15(18)17-9-3-4-14(17)16(19)20)10-24(21,22)13-7-5-12(23-2)6-8-13/h5-8,11,14H,3-4,9-10H2,1-2H3,(H,19,20)/t11-,14+/m0/s1. The van der Waals surface area contributed by atoms with Crippen LogP contribution < -0.4 is 4.74 Å². The molecule has 132 valence electrons. The Labute approximate surface area is 141 Å². The number of likely N-dealkylation sites (tertiary alicyclic amines) is 1. The molecular weight excluding hydrogens is 334 g/mol. The highest BCUT2D eigenvalue weighted by Gasteiger charge is 2.37. The van der Waals surface area contributed by atoms with Crippen molar-refractivity contribution in [2.24, 2.45) is 5.92 Å². The van der Waals surface area contributed by atoms with Gasteiger partial charge in [-0.1, -0.05) is 6.92 Å². The Kier molecular flexibility index (Phi) is 5.48. The second-order valence-electron chi connectivity index (χ2n) is 5.89. The van der Waals surface area contributed by atoms with Crippen molar-refractivity contribution in [1.29, 1.82) is 0 Å². The molecule has 0 aliphatic carbocycles. The number of benzene rings is 1. The van der Waals surface area contributed by atoms with Gasteiger partial charge in [-0.15, -0.1) is 0 Å². The van der Waals surface area contributed by atoms with E-state index in [1.807, 2.05) is 0 Å². The third-order valence-electron chi connectivity index (χ3n) is 4.13. The summed E-state index contributed by atoms with van der Waals surface area (Å²) in [6, 6.07) is 5.09. The van der Waals surface area contributed by atoms with E-state index in [1.165, 1.54) is 31.1 Å². The minimum Gasteiger partial charge on any atom is -0.497 e. The molecule has 2 atom stereocenters. The zero-order valence-electron chi connectivity index (χ0n) is 13.6. The second-order valence-corrected chi connectivity index (χ2v) is 7.92. The number of hydrogen-bond acceptors (Lipinski definition) is 5. The van der Waals surface area contributed by atoms with Crippen LogP contribution in [-0.4, -0.2) is 55.7 Å². The molecule has 0 saturated carbocycles. The van der Waals surface area contributed by atoms with E-state index >= 15 is 0 Å². The van der Waals surface area contributed by atoms with Crippen LogP contribution >= 0.6 is 0 Å². The molecule has 1 fully saturated rings. The first kappa shape index (κ1) is 18.3. The van der Waals surface area contributed by atoms with Crippen LogP contribution in [-0.2, 0) is 19.4 Å². The average Bonchev–Trinajstić information content (AvgIpc) is 3.03. The summed E-state index contributed by atoms with van der Waals surface area (Å²) in [6.45, 7) is 1.86. The number of carbonyl (C=O) groups is 2. The third-order valence-corrected chi connectivity index (χ3v) is 6.06. The number of ether oxygens (including phenoxy) is 1. The Balaban J connectivity index is 2.10. The van der Waals surface area contributed by atoms with E-state index in [9.17, 15) is 18.0 Å².